The molecule has 0 aliphatic rings. The van der Waals surface area contributed by atoms with Crippen LogP contribution >= 0.6 is 15.9 Å². The highest BCUT2D eigenvalue weighted by molar-refractivity contribution is 9.10. The van der Waals surface area contributed by atoms with Crippen molar-refractivity contribution in [3.05, 3.63) is 88.4 Å². The van der Waals surface area contributed by atoms with E-state index in [0.29, 0.717) is 18.0 Å². The minimum absolute atomic E-state index is 0.132. The van der Waals surface area contributed by atoms with E-state index in [2.05, 4.69) is 35.1 Å². The molecule has 0 bridgehead atoms. The largest absolute Gasteiger partial charge is 0.497 e. The van der Waals surface area contributed by atoms with Crippen molar-refractivity contribution < 1.29 is 17.9 Å². The summed E-state index contributed by atoms with van der Waals surface area (Å²) in [6.07, 6.45) is 0.709. The molecule has 0 aromatic heterocycles. The van der Waals surface area contributed by atoms with Crippen LogP contribution in [0.2, 0.25) is 0 Å². The van der Waals surface area contributed by atoms with Crippen molar-refractivity contribution in [2.75, 3.05) is 18.0 Å². The first-order valence-corrected chi connectivity index (χ1v) is 13.6. The Hall–Kier alpha value is -2.84. The van der Waals surface area contributed by atoms with Crippen molar-refractivity contribution in [1.29, 1.82) is 0 Å². The van der Waals surface area contributed by atoms with Gasteiger partial charge in [0.1, 0.15) is 12.3 Å². The molecule has 0 spiro atoms. The van der Waals surface area contributed by atoms with Gasteiger partial charge in [0.15, 0.2) is 0 Å². The summed E-state index contributed by atoms with van der Waals surface area (Å²) in [7, 11) is -2.37. The summed E-state index contributed by atoms with van der Waals surface area (Å²) < 4.78 is 34.4. The van der Waals surface area contributed by atoms with E-state index in [9.17, 15) is 13.2 Å². The molecule has 3 aromatic carbocycles. The molecule has 0 saturated heterocycles. The van der Waals surface area contributed by atoms with Crippen LogP contribution in [0.1, 0.15) is 37.4 Å². The number of nitrogens with zero attached hydrogens (tertiary/aromatic N) is 1. The lowest BCUT2D eigenvalue weighted by atomic mass is 9.97. The maximum Gasteiger partial charge on any atom is 0.264 e. The second kappa shape index (κ2) is 11.7. The van der Waals surface area contributed by atoms with Crippen molar-refractivity contribution >= 4 is 37.5 Å². The van der Waals surface area contributed by atoms with Crippen molar-refractivity contribution in [1.82, 2.24) is 5.32 Å². The van der Waals surface area contributed by atoms with Crippen LogP contribution in [0, 0.1) is 12.8 Å². The predicted octanol–water partition coefficient (Wildman–Crippen LogP) is 5.87. The van der Waals surface area contributed by atoms with Gasteiger partial charge in [-0.15, -0.1) is 0 Å². The van der Waals surface area contributed by atoms with Gasteiger partial charge in [-0.1, -0.05) is 59.6 Å². The van der Waals surface area contributed by atoms with E-state index in [4.69, 9.17) is 4.74 Å². The Bertz CT molecular complexity index is 1230. The van der Waals surface area contributed by atoms with Crippen molar-refractivity contribution in [2.45, 2.75) is 38.1 Å². The third-order valence-corrected chi connectivity index (χ3v) is 7.89. The Balaban J connectivity index is 1.91. The van der Waals surface area contributed by atoms with Gasteiger partial charge in [-0.05, 0) is 73.4 Å². The average Bonchev–Trinajstić information content (AvgIpc) is 2.83. The molecule has 6 nitrogen and oxygen atoms in total. The molecule has 0 saturated carbocycles. The number of carbonyl (C=O) groups is 1. The van der Waals surface area contributed by atoms with Crippen molar-refractivity contribution in [2.24, 2.45) is 5.92 Å². The molecule has 35 heavy (non-hydrogen) atoms. The van der Waals surface area contributed by atoms with E-state index in [1.54, 1.807) is 55.6 Å². The van der Waals surface area contributed by atoms with Crippen LogP contribution < -0.4 is 14.4 Å². The van der Waals surface area contributed by atoms with Gasteiger partial charge < -0.3 is 10.1 Å². The lowest BCUT2D eigenvalue weighted by molar-refractivity contribution is -0.120. The number of hydrogen-bond donors (Lipinski definition) is 1. The Morgan fingerprint density at radius 3 is 2.11 bits per heavy atom. The number of carbonyl (C=O) groups excluding carboxylic acids is 1. The smallest absolute Gasteiger partial charge is 0.264 e. The fraction of sp³-hybridized carbons (Fsp3) is 0.296. The number of nitrogens with one attached hydrogen (secondary N) is 1. The topological polar surface area (TPSA) is 75.7 Å². The third-order valence-electron chi connectivity index (χ3n) is 5.57. The van der Waals surface area contributed by atoms with E-state index in [1.807, 2.05) is 31.2 Å². The monoisotopic (exact) mass is 558 g/mol. The number of halogens is 1. The maximum absolute atomic E-state index is 13.6. The second-order valence-electron chi connectivity index (χ2n) is 8.82. The highest BCUT2D eigenvalue weighted by atomic mass is 79.9. The summed E-state index contributed by atoms with van der Waals surface area (Å²) in [6.45, 7) is 5.71. The summed E-state index contributed by atoms with van der Waals surface area (Å²) in [5.41, 5.74) is 2.30. The molecule has 0 aliphatic heterocycles. The maximum atomic E-state index is 13.6. The summed E-state index contributed by atoms with van der Waals surface area (Å²) in [5.74, 6) is 0.667. The first-order chi connectivity index (χ1) is 16.6. The number of hydrogen-bond acceptors (Lipinski definition) is 4. The Morgan fingerprint density at radius 1 is 0.971 bits per heavy atom. The predicted molar refractivity (Wildman–Crippen MR) is 143 cm³/mol. The minimum Gasteiger partial charge on any atom is -0.497 e. The van der Waals surface area contributed by atoms with Gasteiger partial charge in [-0.3, -0.25) is 9.10 Å². The van der Waals surface area contributed by atoms with Gasteiger partial charge in [0.25, 0.3) is 10.0 Å². The Labute approximate surface area is 216 Å². The fourth-order valence-electron chi connectivity index (χ4n) is 3.72. The summed E-state index contributed by atoms with van der Waals surface area (Å²) >= 11 is 3.38. The number of methoxy groups -OCH3 is 1. The van der Waals surface area contributed by atoms with Gasteiger partial charge in [-0.25, -0.2) is 8.42 Å². The lowest BCUT2D eigenvalue weighted by Gasteiger charge is -2.27. The van der Waals surface area contributed by atoms with Gasteiger partial charge in [0.2, 0.25) is 5.91 Å². The zero-order valence-electron chi connectivity index (χ0n) is 20.4. The molecule has 0 heterocycles. The summed E-state index contributed by atoms with van der Waals surface area (Å²) in [6, 6.07) is 20.8. The quantitative estimate of drug-likeness (QED) is 0.338. The highest BCUT2D eigenvalue weighted by Gasteiger charge is 2.28. The first kappa shape index (κ1) is 26.8. The van der Waals surface area contributed by atoms with E-state index in [-0.39, 0.29) is 23.4 Å². The van der Waals surface area contributed by atoms with Crippen molar-refractivity contribution in [3.8, 4) is 5.75 Å². The molecule has 186 valence electrons. The zero-order chi connectivity index (χ0) is 25.6. The highest BCUT2D eigenvalue weighted by Crippen LogP contribution is 2.27. The number of aryl methyl sites for hydroxylation is 1. The number of ether oxygens (including phenoxy) is 1. The van der Waals surface area contributed by atoms with Crippen molar-refractivity contribution in [3.63, 3.8) is 0 Å². The van der Waals surface area contributed by atoms with Crippen LogP contribution in [0.4, 0.5) is 5.69 Å². The molecule has 1 amide bonds. The van der Waals surface area contributed by atoms with E-state index < -0.39 is 10.0 Å². The molecule has 0 fully saturated rings. The van der Waals surface area contributed by atoms with Gasteiger partial charge >= 0.3 is 0 Å². The lowest BCUT2D eigenvalue weighted by Crippen LogP contribution is -2.42. The van der Waals surface area contributed by atoms with Gasteiger partial charge in [0, 0.05) is 4.47 Å². The number of amides is 1. The van der Waals surface area contributed by atoms with Crippen LogP contribution in [0.3, 0.4) is 0 Å². The molecule has 8 heteroatoms. The zero-order valence-corrected chi connectivity index (χ0v) is 22.8. The third kappa shape index (κ3) is 7.08. The molecular weight excluding hydrogens is 528 g/mol. The SMILES string of the molecule is COc1ccc(C(CC(C)C)NC(=O)CN(c2ccc(Br)cc2)S(=O)(=O)c2ccc(C)cc2)cc1. The van der Waals surface area contributed by atoms with E-state index >= 15 is 0 Å². The molecule has 1 unspecified atom stereocenters. The second-order valence-corrected chi connectivity index (χ2v) is 11.6. The van der Waals surface area contributed by atoms with Gasteiger partial charge in [-0.2, -0.15) is 0 Å². The molecular formula is C27H31BrN2O4S. The van der Waals surface area contributed by atoms with E-state index in [1.165, 1.54) is 0 Å². The van der Waals surface area contributed by atoms with E-state index in [0.717, 1.165) is 25.7 Å². The summed E-state index contributed by atoms with van der Waals surface area (Å²) in [4.78, 5) is 13.4. The van der Waals surface area contributed by atoms with Crippen LogP contribution in [-0.2, 0) is 14.8 Å². The number of sulfonamides is 1. The molecule has 0 radical (unpaired) electrons. The normalized spacial score (nSPS) is 12.3. The van der Waals surface area contributed by atoms with Crippen LogP contribution in [-0.4, -0.2) is 28.0 Å². The molecule has 3 rings (SSSR count). The molecule has 1 atom stereocenters. The average molecular weight is 560 g/mol. The summed E-state index contributed by atoms with van der Waals surface area (Å²) in [5, 5.41) is 3.05. The van der Waals surface area contributed by atoms with Crippen LogP contribution in [0.15, 0.2) is 82.2 Å². The number of anilines is 1. The Morgan fingerprint density at radius 2 is 1.57 bits per heavy atom. The van der Waals surface area contributed by atoms with Crippen LogP contribution in [0.5, 0.6) is 5.75 Å². The number of benzene rings is 3. The molecule has 3 aromatic rings. The van der Waals surface area contributed by atoms with Gasteiger partial charge in [0.05, 0.1) is 23.7 Å². The standard InChI is InChI=1S/C27H31BrN2O4S/c1-19(2)17-26(21-7-13-24(34-4)14-8-21)29-27(31)18-30(23-11-9-22(28)10-12-23)35(32,33)25-15-5-20(3)6-16-25/h5-16,19,26H,17-18H2,1-4H3,(H,29,31). The first-order valence-electron chi connectivity index (χ1n) is 11.4. The number of rotatable bonds is 10. The Kier molecular flexibility index (Phi) is 8.97. The molecule has 1 N–H and O–H groups in total. The molecule has 0 aliphatic carbocycles. The fourth-order valence-corrected chi connectivity index (χ4v) is 5.40. The van der Waals surface area contributed by atoms with Crippen LogP contribution in [0.25, 0.3) is 0 Å². The minimum atomic E-state index is -3.97.